The number of esters is 1. The number of unbranched alkanes of at least 4 members (excludes halogenated alkanes) is 1. The summed E-state index contributed by atoms with van der Waals surface area (Å²) in [7, 11) is 0. The monoisotopic (exact) mass is 401 g/mol. The topological polar surface area (TPSA) is 57.0 Å². The Morgan fingerprint density at radius 3 is 2.64 bits per heavy atom. The fourth-order valence-electron chi connectivity index (χ4n) is 3.19. The summed E-state index contributed by atoms with van der Waals surface area (Å²) >= 11 is 1.48. The number of hydrogen-bond donors (Lipinski definition) is 0. The molecule has 0 N–H and O–H groups in total. The molecule has 0 aliphatic heterocycles. The highest BCUT2D eigenvalue weighted by molar-refractivity contribution is 7.98. The van der Waals surface area contributed by atoms with Crippen LogP contribution < -0.4 is 0 Å². The third-order valence-electron chi connectivity index (χ3n) is 4.55. The van der Waals surface area contributed by atoms with E-state index in [2.05, 4.69) is 16.9 Å². The van der Waals surface area contributed by atoms with Crippen molar-refractivity contribution < 1.29 is 13.9 Å². The van der Waals surface area contributed by atoms with Crippen molar-refractivity contribution in [1.82, 2.24) is 14.5 Å². The molecule has 0 unspecified atom stereocenters. The first kappa shape index (κ1) is 20.3. The van der Waals surface area contributed by atoms with Crippen LogP contribution in [0, 0.1) is 5.82 Å². The van der Waals surface area contributed by atoms with Gasteiger partial charge in [0.1, 0.15) is 21.9 Å². The van der Waals surface area contributed by atoms with Crippen molar-refractivity contribution in [3.05, 3.63) is 53.1 Å². The van der Waals surface area contributed by atoms with Crippen LogP contribution in [0.2, 0.25) is 0 Å². The van der Waals surface area contributed by atoms with Crippen LogP contribution in [0.3, 0.4) is 0 Å². The Hall–Kier alpha value is -2.41. The van der Waals surface area contributed by atoms with Crippen LogP contribution in [0.1, 0.15) is 48.3 Å². The molecule has 0 atom stereocenters. The van der Waals surface area contributed by atoms with Gasteiger partial charge in [-0.2, -0.15) is 0 Å². The van der Waals surface area contributed by atoms with E-state index in [4.69, 9.17) is 4.74 Å². The number of ether oxygens (including phenoxy) is 1. The second-order valence-corrected chi connectivity index (χ2v) is 7.27. The summed E-state index contributed by atoms with van der Waals surface area (Å²) in [6.45, 7) is 4.69. The van der Waals surface area contributed by atoms with Crippen LogP contribution in [0.4, 0.5) is 4.39 Å². The maximum atomic E-state index is 13.3. The Morgan fingerprint density at radius 1 is 1.25 bits per heavy atom. The van der Waals surface area contributed by atoms with Crippen LogP contribution in [0.25, 0.3) is 11.2 Å². The molecule has 148 valence electrons. The van der Waals surface area contributed by atoms with Gasteiger partial charge in [-0.25, -0.2) is 19.2 Å². The normalized spacial score (nSPS) is 11.1. The third kappa shape index (κ3) is 4.19. The number of fused-ring (bicyclic) bond motifs is 1. The van der Waals surface area contributed by atoms with Gasteiger partial charge >= 0.3 is 5.97 Å². The van der Waals surface area contributed by atoms with Crippen molar-refractivity contribution in [1.29, 1.82) is 0 Å². The molecule has 28 heavy (non-hydrogen) atoms. The zero-order valence-corrected chi connectivity index (χ0v) is 17.2. The average Bonchev–Trinajstić information content (AvgIpc) is 3.00. The van der Waals surface area contributed by atoms with E-state index in [1.807, 2.05) is 10.8 Å². The van der Waals surface area contributed by atoms with Crippen molar-refractivity contribution in [3.8, 4) is 0 Å². The van der Waals surface area contributed by atoms with Gasteiger partial charge in [-0.1, -0.05) is 25.5 Å². The van der Waals surface area contributed by atoms with Crippen LogP contribution in [0.15, 0.2) is 35.5 Å². The molecule has 5 nitrogen and oxygen atoms in total. The van der Waals surface area contributed by atoms with E-state index in [0.717, 1.165) is 35.5 Å². The molecule has 7 heteroatoms. The molecule has 3 aromatic rings. The van der Waals surface area contributed by atoms with E-state index in [1.165, 1.54) is 23.9 Å². The van der Waals surface area contributed by atoms with E-state index in [-0.39, 0.29) is 11.8 Å². The molecular formula is C21H24FN3O2S. The van der Waals surface area contributed by atoms with Crippen LogP contribution in [0.5, 0.6) is 0 Å². The number of hydrogen-bond acceptors (Lipinski definition) is 5. The van der Waals surface area contributed by atoms with Crippen molar-refractivity contribution in [2.75, 3.05) is 12.9 Å². The smallest absolute Gasteiger partial charge is 0.342 e. The molecule has 3 rings (SSSR count). The maximum Gasteiger partial charge on any atom is 0.342 e. The summed E-state index contributed by atoms with van der Waals surface area (Å²) in [5.74, 6) is -0.645. The first-order chi connectivity index (χ1) is 13.6. The molecule has 0 amide bonds. The summed E-state index contributed by atoms with van der Waals surface area (Å²) in [5.41, 5.74) is 3.52. The quantitative estimate of drug-likeness (QED) is 0.398. The number of thioether (sulfide) groups is 1. The fourth-order valence-corrected chi connectivity index (χ4v) is 3.53. The van der Waals surface area contributed by atoms with Crippen LogP contribution in [-0.4, -0.2) is 33.4 Å². The highest BCUT2D eigenvalue weighted by Gasteiger charge is 2.25. The average molecular weight is 402 g/mol. The van der Waals surface area contributed by atoms with Gasteiger partial charge in [-0.15, -0.1) is 11.8 Å². The Bertz CT molecular complexity index is 970. The van der Waals surface area contributed by atoms with Gasteiger partial charge in [0.15, 0.2) is 5.65 Å². The van der Waals surface area contributed by atoms with E-state index in [9.17, 15) is 9.18 Å². The molecule has 0 aliphatic carbocycles. The molecule has 2 heterocycles. The van der Waals surface area contributed by atoms with Gasteiger partial charge in [0.25, 0.3) is 0 Å². The lowest BCUT2D eigenvalue weighted by atomic mass is 10.1. The minimum absolute atomic E-state index is 0.274. The molecule has 0 fully saturated rings. The number of aromatic nitrogens is 3. The lowest BCUT2D eigenvalue weighted by Crippen LogP contribution is -2.11. The van der Waals surface area contributed by atoms with Gasteiger partial charge in [0.2, 0.25) is 0 Å². The summed E-state index contributed by atoms with van der Waals surface area (Å²) in [6, 6.07) is 6.38. The van der Waals surface area contributed by atoms with Gasteiger partial charge in [0.05, 0.1) is 12.8 Å². The van der Waals surface area contributed by atoms with Gasteiger partial charge in [0, 0.05) is 12.2 Å². The van der Waals surface area contributed by atoms with Crippen molar-refractivity contribution in [2.24, 2.45) is 0 Å². The lowest BCUT2D eigenvalue weighted by Gasteiger charge is -2.11. The fraction of sp³-hybridized carbons (Fsp3) is 0.381. The second-order valence-electron chi connectivity index (χ2n) is 6.44. The number of nitrogens with zero attached hydrogens (tertiary/aromatic N) is 3. The van der Waals surface area contributed by atoms with Crippen LogP contribution >= 0.6 is 11.8 Å². The first-order valence-corrected chi connectivity index (χ1v) is 10.6. The Balaban J connectivity index is 2.20. The molecule has 0 saturated heterocycles. The Labute approximate surface area is 168 Å². The predicted molar refractivity (Wildman–Crippen MR) is 109 cm³/mol. The van der Waals surface area contributed by atoms with Gasteiger partial charge in [-0.05, 0) is 43.7 Å². The molecular weight excluding hydrogens is 377 g/mol. The third-order valence-corrected chi connectivity index (χ3v) is 5.16. The van der Waals surface area contributed by atoms with Crippen molar-refractivity contribution in [3.63, 3.8) is 0 Å². The molecule has 1 aromatic carbocycles. The molecule has 0 aliphatic rings. The largest absolute Gasteiger partial charge is 0.462 e. The molecule has 2 aromatic heterocycles. The predicted octanol–water partition coefficient (Wildman–Crippen LogP) is 4.86. The number of carbonyl (C=O) groups excluding carboxylic acids is 1. The van der Waals surface area contributed by atoms with E-state index in [1.54, 1.807) is 25.3 Å². The number of halogens is 1. The summed E-state index contributed by atoms with van der Waals surface area (Å²) in [4.78, 5) is 22.0. The second kappa shape index (κ2) is 9.19. The van der Waals surface area contributed by atoms with Crippen LogP contribution in [-0.2, 0) is 17.7 Å². The number of carbonyl (C=O) groups is 1. The standard InChI is InChI=1S/C21H24FN3O2S/c1-4-6-7-16-18(21(26)27-5-2)19-20(23-12-17(24-19)28-3)25(16)13-14-8-10-15(22)11-9-14/h8-12H,4-7,13H2,1-3H3. The minimum atomic E-state index is -0.371. The van der Waals surface area contributed by atoms with Gasteiger partial charge < -0.3 is 9.30 Å². The summed E-state index contributed by atoms with van der Waals surface area (Å²) in [5, 5.41) is 0.749. The highest BCUT2D eigenvalue weighted by atomic mass is 32.2. The Kier molecular flexibility index (Phi) is 6.67. The van der Waals surface area contributed by atoms with Crippen molar-refractivity contribution in [2.45, 2.75) is 44.7 Å². The Morgan fingerprint density at radius 2 is 2.00 bits per heavy atom. The number of benzene rings is 1. The molecule has 0 saturated carbocycles. The SMILES string of the molecule is CCCCc1c(C(=O)OCC)c2nc(SC)cnc2n1Cc1ccc(F)cc1. The zero-order valence-electron chi connectivity index (χ0n) is 16.4. The first-order valence-electron chi connectivity index (χ1n) is 9.42. The zero-order chi connectivity index (χ0) is 20.1. The summed E-state index contributed by atoms with van der Waals surface area (Å²) < 4.78 is 20.7. The molecule has 0 radical (unpaired) electrons. The van der Waals surface area contributed by atoms with Crippen molar-refractivity contribution >= 4 is 28.9 Å². The number of rotatable bonds is 8. The minimum Gasteiger partial charge on any atom is -0.462 e. The van der Waals surface area contributed by atoms with Gasteiger partial charge in [-0.3, -0.25) is 0 Å². The highest BCUT2D eigenvalue weighted by Crippen LogP contribution is 2.28. The van der Waals surface area contributed by atoms with E-state index < -0.39 is 0 Å². The molecule has 0 bridgehead atoms. The van der Waals surface area contributed by atoms with E-state index >= 15 is 0 Å². The summed E-state index contributed by atoms with van der Waals surface area (Å²) in [6.07, 6.45) is 6.29. The molecule has 0 spiro atoms. The lowest BCUT2D eigenvalue weighted by molar-refractivity contribution is 0.0526. The van der Waals surface area contributed by atoms with E-state index in [0.29, 0.717) is 29.9 Å². The maximum absolute atomic E-state index is 13.3.